The highest BCUT2D eigenvalue weighted by molar-refractivity contribution is 5.25. The summed E-state index contributed by atoms with van der Waals surface area (Å²) in [7, 11) is 0. The zero-order valence-electron chi connectivity index (χ0n) is 8.53. The zero-order chi connectivity index (χ0) is 9.97. The van der Waals surface area contributed by atoms with Gasteiger partial charge in [0, 0.05) is 12.1 Å². The molecule has 2 heteroatoms. The summed E-state index contributed by atoms with van der Waals surface area (Å²) in [6, 6.07) is 9.31. The van der Waals surface area contributed by atoms with Gasteiger partial charge < -0.3 is 10.4 Å². The Morgan fingerprint density at radius 2 is 2.29 bits per heavy atom. The maximum absolute atomic E-state index is 9.02. The first kappa shape index (κ1) is 9.69. The average molecular weight is 191 g/mol. The van der Waals surface area contributed by atoms with Crippen LogP contribution in [-0.2, 0) is 0 Å². The van der Waals surface area contributed by atoms with Crippen molar-refractivity contribution in [2.24, 2.45) is 0 Å². The van der Waals surface area contributed by atoms with Crippen LogP contribution >= 0.6 is 0 Å². The van der Waals surface area contributed by atoms with Crippen molar-refractivity contribution in [1.82, 2.24) is 5.32 Å². The number of aliphatic hydroxyl groups is 1. The van der Waals surface area contributed by atoms with Crippen LogP contribution in [0.25, 0.3) is 0 Å². The molecule has 2 nitrogen and oxygen atoms in total. The van der Waals surface area contributed by atoms with Gasteiger partial charge in [-0.1, -0.05) is 29.8 Å². The van der Waals surface area contributed by atoms with Gasteiger partial charge in [0.1, 0.15) is 0 Å². The lowest BCUT2D eigenvalue weighted by Gasteiger charge is -2.13. The van der Waals surface area contributed by atoms with Crippen molar-refractivity contribution in [3.63, 3.8) is 0 Å². The van der Waals surface area contributed by atoms with E-state index >= 15 is 0 Å². The molecule has 0 aliphatic carbocycles. The molecule has 1 heterocycles. The molecule has 2 rings (SSSR count). The first-order valence-electron chi connectivity index (χ1n) is 5.23. The Bertz CT molecular complexity index is 311. The number of hydrogen-bond acceptors (Lipinski definition) is 2. The van der Waals surface area contributed by atoms with Gasteiger partial charge in [-0.15, -0.1) is 0 Å². The van der Waals surface area contributed by atoms with Crippen LogP contribution in [0.15, 0.2) is 24.3 Å². The van der Waals surface area contributed by atoms with Crippen LogP contribution < -0.4 is 5.32 Å². The summed E-state index contributed by atoms with van der Waals surface area (Å²) in [5.41, 5.74) is 2.65. The van der Waals surface area contributed by atoms with E-state index in [4.69, 9.17) is 5.11 Å². The highest BCUT2D eigenvalue weighted by Crippen LogP contribution is 2.26. The van der Waals surface area contributed by atoms with Crippen LogP contribution in [0.1, 0.15) is 30.0 Å². The quantitative estimate of drug-likeness (QED) is 0.747. The van der Waals surface area contributed by atoms with Crippen molar-refractivity contribution in [3.8, 4) is 0 Å². The number of nitrogens with one attached hydrogen (secondary N) is 1. The fourth-order valence-corrected chi connectivity index (χ4v) is 2.11. The summed E-state index contributed by atoms with van der Waals surface area (Å²) in [6.07, 6.45) is 2.21. The molecule has 2 atom stereocenters. The Balaban J connectivity index is 2.09. The fraction of sp³-hybridized carbons (Fsp3) is 0.500. The Morgan fingerprint density at radius 1 is 1.43 bits per heavy atom. The minimum absolute atomic E-state index is 0.252. The Hall–Kier alpha value is -0.860. The molecule has 1 aliphatic rings. The molecule has 0 radical (unpaired) electrons. The van der Waals surface area contributed by atoms with E-state index < -0.39 is 0 Å². The topological polar surface area (TPSA) is 32.3 Å². The van der Waals surface area contributed by atoms with Crippen molar-refractivity contribution < 1.29 is 5.11 Å². The van der Waals surface area contributed by atoms with Crippen LogP contribution in [0.5, 0.6) is 0 Å². The first-order chi connectivity index (χ1) is 6.79. The molecule has 2 N–H and O–H groups in total. The van der Waals surface area contributed by atoms with Crippen LogP contribution in [0, 0.1) is 6.92 Å². The number of rotatable bonds is 2. The molecule has 14 heavy (non-hydrogen) atoms. The summed E-state index contributed by atoms with van der Waals surface area (Å²) < 4.78 is 0. The van der Waals surface area contributed by atoms with Crippen LogP contribution in [0.3, 0.4) is 0 Å². The lowest BCUT2D eigenvalue weighted by atomic mass is 10.0. The van der Waals surface area contributed by atoms with Gasteiger partial charge in [0.25, 0.3) is 0 Å². The average Bonchev–Trinajstić information content (AvgIpc) is 2.66. The molecular formula is C12H17NO. The van der Waals surface area contributed by atoms with E-state index in [9.17, 15) is 0 Å². The summed E-state index contributed by atoms with van der Waals surface area (Å²) in [5.74, 6) is 0. The van der Waals surface area contributed by atoms with Gasteiger partial charge in [-0.05, 0) is 25.3 Å². The lowest BCUT2D eigenvalue weighted by Crippen LogP contribution is -2.27. The monoisotopic (exact) mass is 191 g/mol. The molecule has 1 fully saturated rings. The second kappa shape index (κ2) is 4.11. The van der Waals surface area contributed by atoms with Gasteiger partial charge in [-0.25, -0.2) is 0 Å². The van der Waals surface area contributed by atoms with Gasteiger partial charge in [0.2, 0.25) is 0 Å². The summed E-state index contributed by atoms with van der Waals surface area (Å²) in [6.45, 7) is 2.37. The van der Waals surface area contributed by atoms with E-state index in [1.165, 1.54) is 11.1 Å². The van der Waals surface area contributed by atoms with Crippen LogP contribution in [0.2, 0.25) is 0 Å². The molecule has 0 spiro atoms. The lowest BCUT2D eigenvalue weighted by molar-refractivity contribution is 0.251. The summed E-state index contributed by atoms with van der Waals surface area (Å²) in [5, 5.41) is 12.5. The third kappa shape index (κ3) is 1.97. The standard InChI is InChI=1S/C12H17NO/c1-9-3-2-4-10(7-9)12-6-5-11(8-14)13-12/h2-4,7,11-14H,5-6,8H2,1H3/t11-,12+/m0/s1. The third-order valence-electron chi connectivity index (χ3n) is 2.91. The molecule has 1 saturated heterocycles. The van der Waals surface area contributed by atoms with Gasteiger partial charge in [0.05, 0.1) is 6.61 Å². The van der Waals surface area contributed by atoms with Gasteiger partial charge in [-0.3, -0.25) is 0 Å². The second-order valence-corrected chi connectivity index (χ2v) is 4.09. The van der Waals surface area contributed by atoms with Gasteiger partial charge in [-0.2, -0.15) is 0 Å². The van der Waals surface area contributed by atoms with Crippen molar-refractivity contribution in [1.29, 1.82) is 0 Å². The summed E-state index contributed by atoms with van der Waals surface area (Å²) >= 11 is 0. The Kier molecular flexibility index (Phi) is 2.85. The predicted octanol–water partition coefficient (Wildman–Crippen LogP) is 1.78. The predicted molar refractivity (Wildman–Crippen MR) is 57.2 cm³/mol. The summed E-state index contributed by atoms with van der Waals surface area (Å²) in [4.78, 5) is 0. The van der Waals surface area contributed by atoms with E-state index in [1.54, 1.807) is 0 Å². The van der Waals surface area contributed by atoms with E-state index in [0.717, 1.165) is 12.8 Å². The SMILES string of the molecule is Cc1cccc([C@H]2CC[C@@H](CO)N2)c1. The minimum Gasteiger partial charge on any atom is -0.395 e. The molecule has 1 aliphatic heterocycles. The number of hydrogen-bond donors (Lipinski definition) is 2. The van der Waals surface area contributed by atoms with E-state index in [-0.39, 0.29) is 6.61 Å². The highest BCUT2D eigenvalue weighted by Gasteiger charge is 2.23. The first-order valence-corrected chi connectivity index (χ1v) is 5.23. The number of benzene rings is 1. The van der Waals surface area contributed by atoms with Gasteiger partial charge in [0.15, 0.2) is 0 Å². The van der Waals surface area contributed by atoms with Crippen LogP contribution in [0.4, 0.5) is 0 Å². The van der Waals surface area contributed by atoms with Crippen LogP contribution in [-0.4, -0.2) is 17.8 Å². The maximum Gasteiger partial charge on any atom is 0.0584 e. The van der Waals surface area contributed by atoms with Crippen molar-refractivity contribution in [2.75, 3.05) is 6.61 Å². The van der Waals surface area contributed by atoms with E-state index in [0.29, 0.717) is 12.1 Å². The zero-order valence-corrected chi connectivity index (χ0v) is 8.53. The third-order valence-corrected chi connectivity index (χ3v) is 2.91. The smallest absolute Gasteiger partial charge is 0.0584 e. The molecule has 76 valence electrons. The number of aliphatic hydroxyl groups excluding tert-OH is 1. The molecule has 0 unspecified atom stereocenters. The Labute approximate surface area is 85.0 Å². The molecule has 0 saturated carbocycles. The molecule has 1 aromatic carbocycles. The minimum atomic E-state index is 0.252. The van der Waals surface area contributed by atoms with E-state index in [2.05, 4.69) is 36.5 Å². The molecular weight excluding hydrogens is 174 g/mol. The normalized spacial score (nSPS) is 26.7. The van der Waals surface area contributed by atoms with E-state index in [1.807, 2.05) is 0 Å². The largest absolute Gasteiger partial charge is 0.395 e. The fourth-order valence-electron chi connectivity index (χ4n) is 2.11. The molecule has 0 bridgehead atoms. The maximum atomic E-state index is 9.02. The Morgan fingerprint density at radius 3 is 2.93 bits per heavy atom. The van der Waals surface area contributed by atoms with Crippen molar-refractivity contribution in [2.45, 2.75) is 31.8 Å². The second-order valence-electron chi connectivity index (χ2n) is 4.09. The molecule has 1 aromatic rings. The molecule has 0 aromatic heterocycles. The van der Waals surface area contributed by atoms with Gasteiger partial charge >= 0.3 is 0 Å². The number of aryl methyl sites for hydroxylation is 1. The van der Waals surface area contributed by atoms with Crippen molar-refractivity contribution in [3.05, 3.63) is 35.4 Å². The van der Waals surface area contributed by atoms with Crippen molar-refractivity contribution >= 4 is 0 Å². The molecule has 0 amide bonds. The highest BCUT2D eigenvalue weighted by atomic mass is 16.3.